The number of rotatable bonds is 5. The number of aryl methyl sites for hydroxylation is 2. The molecular formula is C16H24ClN. The summed E-state index contributed by atoms with van der Waals surface area (Å²) in [4.78, 5) is 0. The third kappa shape index (κ3) is 3.27. The van der Waals surface area contributed by atoms with E-state index < -0.39 is 0 Å². The Bertz CT molecular complexity index is 398. The van der Waals surface area contributed by atoms with E-state index in [9.17, 15) is 0 Å². The summed E-state index contributed by atoms with van der Waals surface area (Å²) in [6, 6.07) is 7.08. The highest BCUT2D eigenvalue weighted by Crippen LogP contribution is 2.28. The molecule has 0 amide bonds. The fourth-order valence-corrected chi connectivity index (χ4v) is 2.86. The van der Waals surface area contributed by atoms with Crippen LogP contribution >= 0.6 is 11.6 Å². The zero-order chi connectivity index (χ0) is 13.0. The van der Waals surface area contributed by atoms with Crippen LogP contribution in [0.5, 0.6) is 0 Å². The standard InChI is InChI=1S/C16H24ClN/c1-16(2,12-18-10-9-17)15-8-7-13-5-3-4-6-14(13)11-15/h7-8,11,18H,3-6,9-10,12H2,1-2H3. The maximum Gasteiger partial charge on any atom is 0.0348 e. The average Bonchev–Trinajstić information content (AvgIpc) is 2.38. The SMILES string of the molecule is CC(C)(CNCCCl)c1ccc2c(c1)CCCC2. The van der Waals surface area contributed by atoms with Gasteiger partial charge >= 0.3 is 0 Å². The molecule has 1 aliphatic rings. The maximum absolute atomic E-state index is 5.71. The van der Waals surface area contributed by atoms with E-state index in [1.807, 2.05) is 0 Å². The quantitative estimate of drug-likeness (QED) is 0.633. The first-order valence-electron chi connectivity index (χ1n) is 7.02. The molecule has 2 rings (SSSR count). The Morgan fingerprint density at radius 1 is 1.17 bits per heavy atom. The first kappa shape index (κ1) is 13.9. The molecule has 0 unspecified atom stereocenters. The molecule has 0 bridgehead atoms. The third-order valence-corrected chi connectivity index (χ3v) is 4.16. The summed E-state index contributed by atoms with van der Waals surface area (Å²) in [5.41, 5.74) is 4.77. The molecule has 1 aromatic carbocycles. The van der Waals surface area contributed by atoms with Crippen LogP contribution in [-0.2, 0) is 18.3 Å². The Morgan fingerprint density at radius 2 is 1.89 bits per heavy atom. The van der Waals surface area contributed by atoms with E-state index in [0.29, 0.717) is 5.88 Å². The molecule has 0 radical (unpaired) electrons. The van der Waals surface area contributed by atoms with Gasteiger partial charge in [0.1, 0.15) is 0 Å². The Kier molecular flexibility index (Phi) is 4.69. The molecule has 100 valence electrons. The van der Waals surface area contributed by atoms with Crippen LogP contribution in [0.3, 0.4) is 0 Å². The van der Waals surface area contributed by atoms with Gasteiger partial charge in [-0.15, -0.1) is 11.6 Å². The molecular weight excluding hydrogens is 242 g/mol. The summed E-state index contributed by atoms with van der Waals surface area (Å²) in [6.07, 6.45) is 5.23. The summed E-state index contributed by atoms with van der Waals surface area (Å²) in [7, 11) is 0. The van der Waals surface area contributed by atoms with Crippen molar-refractivity contribution in [1.29, 1.82) is 0 Å². The van der Waals surface area contributed by atoms with Crippen molar-refractivity contribution in [2.24, 2.45) is 0 Å². The lowest BCUT2D eigenvalue weighted by Crippen LogP contribution is -2.34. The molecule has 0 saturated heterocycles. The van der Waals surface area contributed by atoms with Crippen molar-refractivity contribution < 1.29 is 0 Å². The largest absolute Gasteiger partial charge is 0.315 e. The van der Waals surface area contributed by atoms with Crippen LogP contribution in [0.15, 0.2) is 18.2 Å². The molecule has 0 heterocycles. The second-order valence-corrected chi connectivity index (χ2v) is 6.32. The number of nitrogens with one attached hydrogen (secondary N) is 1. The third-order valence-electron chi connectivity index (χ3n) is 3.97. The maximum atomic E-state index is 5.71. The normalized spacial score (nSPS) is 15.5. The van der Waals surface area contributed by atoms with Crippen LogP contribution < -0.4 is 5.32 Å². The van der Waals surface area contributed by atoms with Gasteiger partial charge in [-0.2, -0.15) is 0 Å². The second kappa shape index (κ2) is 6.08. The highest BCUT2D eigenvalue weighted by atomic mass is 35.5. The van der Waals surface area contributed by atoms with E-state index in [-0.39, 0.29) is 5.41 Å². The number of benzene rings is 1. The van der Waals surface area contributed by atoms with Crippen LogP contribution in [0.2, 0.25) is 0 Å². The molecule has 18 heavy (non-hydrogen) atoms. The molecule has 2 heteroatoms. The van der Waals surface area contributed by atoms with Gasteiger partial charge in [0.2, 0.25) is 0 Å². The van der Waals surface area contributed by atoms with Gasteiger partial charge in [-0.3, -0.25) is 0 Å². The molecule has 0 saturated carbocycles. The lowest BCUT2D eigenvalue weighted by molar-refractivity contribution is 0.477. The van der Waals surface area contributed by atoms with E-state index >= 15 is 0 Å². The number of fused-ring (bicyclic) bond motifs is 1. The first-order chi connectivity index (χ1) is 8.63. The van der Waals surface area contributed by atoms with Gasteiger partial charge in [0.25, 0.3) is 0 Å². The fourth-order valence-electron chi connectivity index (χ4n) is 2.72. The van der Waals surface area contributed by atoms with E-state index in [4.69, 9.17) is 11.6 Å². The number of halogens is 1. The Morgan fingerprint density at radius 3 is 2.61 bits per heavy atom. The molecule has 1 aliphatic carbocycles. The molecule has 0 spiro atoms. The topological polar surface area (TPSA) is 12.0 Å². The van der Waals surface area contributed by atoms with Crippen LogP contribution in [0, 0.1) is 0 Å². The van der Waals surface area contributed by atoms with Crippen molar-refractivity contribution in [3.05, 3.63) is 34.9 Å². The summed E-state index contributed by atoms with van der Waals surface area (Å²) in [5.74, 6) is 0.681. The van der Waals surface area contributed by atoms with Crippen molar-refractivity contribution in [2.75, 3.05) is 19.0 Å². The van der Waals surface area contributed by atoms with Gasteiger partial charge in [-0.1, -0.05) is 32.0 Å². The minimum atomic E-state index is 0.179. The molecule has 0 fully saturated rings. The van der Waals surface area contributed by atoms with E-state index in [1.165, 1.54) is 31.2 Å². The minimum absolute atomic E-state index is 0.179. The van der Waals surface area contributed by atoms with Crippen molar-refractivity contribution in [1.82, 2.24) is 5.32 Å². The predicted molar refractivity (Wildman–Crippen MR) is 79.7 cm³/mol. The summed E-state index contributed by atoms with van der Waals surface area (Å²) in [5, 5.41) is 3.42. The van der Waals surface area contributed by atoms with Gasteiger partial charge in [0.15, 0.2) is 0 Å². The van der Waals surface area contributed by atoms with Crippen molar-refractivity contribution in [2.45, 2.75) is 44.9 Å². The summed E-state index contributed by atoms with van der Waals surface area (Å²) in [6.45, 7) is 6.48. The predicted octanol–water partition coefficient (Wildman–Crippen LogP) is 3.67. The molecule has 0 aliphatic heterocycles. The van der Waals surface area contributed by atoms with Crippen LogP contribution in [0.4, 0.5) is 0 Å². The highest BCUT2D eigenvalue weighted by Gasteiger charge is 2.21. The van der Waals surface area contributed by atoms with Gasteiger partial charge < -0.3 is 5.32 Å². The highest BCUT2D eigenvalue weighted by molar-refractivity contribution is 6.18. The zero-order valence-electron chi connectivity index (χ0n) is 11.6. The Balaban J connectivity index is 2.11. The molecule has 0 aromatic heterocycles. The van der Waals surface area contributed by atoms with Gasteiger partial charge in [0, 0.05) is 24.4 Å². The van der Waals surface area contributed by atoms with Gasteiger partial charge in [0.05, 0.1) is 0 Å². The molecule has 1 N–H and O–H groups in total. The van der Waals surface area contributed by atoms with Crippen molar-refractivity contribution >= 4 is 11.6 Å². The van der Waals surface area contributed by atoms with E-state index in [0.717, 1.165) is 13.1 Å². The van der Waals surface area contributed by atoms with Crippen LogP contribution in [-0.4, -0.2) is 19.0 Å². The summed E-state index contributed by atoms with van der Waals surface area (Å²) >= 11 is 5.71. The molecule has 1 aromatic rings. The number of hydrogen-bond donors (Lipinski definition) is 1. The van der Waals surface area contributed by atoms with Crippen LogP contribution in [0.1, 0.15) is 43.4 Å². The number of alkyl halides is 1. The molecule has 0 atom stereocenters. The number of hydrogen-bond acceptors (Lipinski definition) is 1. The Labute approximate surface area is 116 Å². The van der Waals surface area contributed by atoms with Gasteiger partial charge in [-0.25, -0.2) is 0 Å². The average molecular weight is 266 g/mol. The lowest BCUT2D eigenvalue weighted by atomic mass is 9.81. The minimum Gasteiger partial charge on any atom is -0.315 e. The van der Waals surface area contributed by atoms with Crippen LogP contribution in [0.25, 0.3) is 0 Å². The van der Waals surface area contributed by atoms with Crippen molar-refractivity contribution in [3.63, 3.8) is 0 Å². The second-order valence-electron chi connectivity index (χ2n) is 5.94. The van der Waals surface area contributed by atoms with Gasteiger partial charge in [-0.05, 0) is 42.4 Å². The smallest absolute Gasteiger partial charge is 0.0348 e. The Hall–Kier alpha value is -0.530. The summed E-state index contributed by atoms with van der Waals surface area (Å²) < 4.78 is 0. The first-order valence-corrected chi connectivity index (χ1v) is 7.56. The van der Waals surface area contributed by atoms with Crippen molar-refractivity contribution in [3.8, 4) is 0 Å². The van der Waals surface area contributed by atoms with E-state index in [2.05, 4.69) is 37.4 Å². The molecule has 1 nitrogen and oxygen atoms in total. The monoisotopic (exact) mass is 265 g/mol. The van der Waals surface area contributed by atoms with E-state index in [1.54, 1.807) is 11.1 Å². The fraction of sp³-hybridized carbons (Fsp3) is 0.625. The lowest BCUT2D eigenvalue weighted by Gasteiger charge is -2.28. The zero-order valence-corrected chi connectivity index (χ0v) is 12.3.